The maximum atomic E-state index is 11.9. The Balaban J connectivity index is 1.73. The number of fused-ring (bicyclic) bond motifs is 1. The van der Waals surface area contributed by atoms with E-state index < -0.39 is 0 Å². The Labute approximate surface area is 124 Å². The molecule has 0 aliphatic rings. The van der Waals surface area contributed by atoms with Crippen LogP contribution in [0.25, 0.3) is 4.96 Å². The average Bonchev–Trinajstić information content (AvgIpc) is 2.81. The van der Waals surface area contributed by atoms with Gasteiger partial charge in [0, 0.05) is 17.6 Å². The minimum Gasteiger partial charge on any atom is -0.267 e. The van der Waals surface area contributed by atoms with E-state index in [9.17, 15) is 4.79 Å². The van der Waals surface area contributed by atoms with Crippen molar-refractivity contribution in [2.75, 3.05) is 0 Å². The van der Waals surface area contributed by atoms with Crippen LogP contribution in [0.4, 0.5) is 0 Å². The number of aryl methyl sites for hydroxylation is 1. The molecule has 0 fully saturated rings. The molecule has 4 nitrogen and oxygen atoms in total. The molecule has 0 bridgehead atoms. The Morgan fingerprint density at radius 3 is 2.85 bits per heavy atom. The van der Waals surface area contributed by atoms with Crippen molar-refractivity contribution in [3.05, 3.63) is 63.0 Å². The lowest BCUT2D eigenvalue weighted by atomic mass is 10.2. The molecule has 0 radical (unpaired) electrons. The number of nitrogens with zero attached hydrogens (tertiary/aromatic N) is 3. The summed E-state index contributed by atoms with van der Waals surface area (Å²) in [7, 11) is 0. The van der Waals surface area contributed by atoms with Crippen LogP contribution >= 0.6 is 23.1 Å². The highest BCUT2D eigenvalue weighted by Gasteiger charge is 2.06. The Morgan fingerprint density at radius 1 is 1.25 bits per heavy atom. The molecule has 0 amide bonds. The van der Waals surface area contributed by atoms with Crippen molar-refractivity contribution in [2.45, 2.75) is 18.4 Å². The van der Waals surface area contributed by atoms with Gasteiger partial charge >= 0.3 is 0 Å². The summed E-state index contributed by atoms with van der Waals surface area (Å²) in [4.78, 5) is 17.1. The van der Waals surface area contributed by atoms with Gasteiger partial charge in [-0.3, -0.25) is 4.79 Å². The summed E-state index contributed by atoms with van der Waals surface area (Å²) in [6.45, 7) is 1.88. The molecular weight excluding hydrogens is 290 g/mol. The van der Waals surface area contributed by atoms with Gasteiger partial charge < -0.3 is 0 Å². The molecule has 1 aromatic carbocycles. The van der Waals surface area contributed by atoms with Gasteiger partial charge in [0.05, 0.1) is 5.69 Å². The summed E-state index contributed by atoms with van der Waals surface area (Å²) < 4.78 is 1.37. The molecule has 0 saturated heterocycles. The monoisotopic (exact) mass is 303 g/mol. The van der Waals surface area contributed by atoms with E-state index in [2.05, 4.69) is 22.2 Å². The average molecular weight is 303 g/mol. The molecule has 3 rings (SSSR count). The van der Waals surface area contributed by atoms with Crippen molar-refractivity contribution in [1.29, 1.82) is 0 Å². The number of hydrogen-bond acceptors (Lipinski definition) is 5. The zero-order valence-electron chi connectivity index (χ0n) is 10.9. The first-order valence-electron chi connectivity index (χ1n) is 6.20. The van der Waals surface area contributed by atoms with E-state index in [1.54, 1.807) is 17.8 Å². The molecule has 2 heterocycles. The molecule has 20 heavy (non-hydrogen) atoms. The normalized spacial score (nSPS) is 11.1. The van der Waals surface area contributed by atoms with E-state index in [0.717, 1.165) is 22.2 Å². The highest BCUT2D eigenvalue weighted by molar-refractivity contribution is 7.97. The quantitative estimate of drug-likeness (QED) is 0.743. The largest absolute Gasteiger partial charge is 0.275 e. The number of thioether (sulfide) groups is 1. The van der Waals surface area contributed by atoms with E-state index in [0.29, 0.717) is 4.96 Å². The molecule has 3 aromatic rings. The Morgan fingerprint density at radius 2 is 2.05 bits per heavy atom. The van der Waals surface area contributed by atoms with E-state index in [-0.39, 0.29) is 5.56 Å². The van der Waals surface area contributed by atoms with Crippen LogP contribution in [0.2, 0.25) is 0 Å². The molecule has 2 aromatic heterocycles. The second-order valence-electron chi connectivity index (χ2n) is 4.38. The smallest absolute Gasteiger partial charge is 0.267 e. The zero-order valence-corrected chi connectivity index (χ0v) is 12.6. The lowest BCUT2D eigenvalue weighted by Crippen LogP contribution is -2.15. The number of rotatable bonds is 4. The number of hydrogen-bond donors (Lipinski definition) is 0. The Bertz CT molecular complexity index is 780. The number of aromatic nitrogens is 3. The van der Waals surface area contributed by atoms with Crippen molar-refractivity contribution in [1.82, 2.24) is 14.6 Å². The van der Waals surface area contributed by atoms with Gasteiger partial charge in [-0.1, -0.05) is 41.7 Å². The van der Waals surface area contributed by atoms with Crippen LogP contribution in [-0.2, 0) is 11.5 Å². The molecule has 0 aliphatic carbocycles. The highest BCUT2D eigenvalue weighted by Crippen LogP contribution is 2.17. The summed E-state index contributed by atoms with van der Waals surface area (Å²) >= 11 is 3.20. The van der Waals surface area contributed by atoms with Crippen LogP contribution in [0.5, 0.6) is 0 Å². The van der Waals surface area contributed by atoms with Crippen molar-refractivity contribution >= 4 is 28.1 Å². The minimum atomic E-state index is -0.102. The van der Waals surface area contributed by atoms with Crippen LogP contribution in [0.3, 0.4) is 0 Å². The van der Waals surface area contributed by atoms with E-state index in [4.69, 9.17) is 0 Å². The van der Waals surface area contributed by atoms with Gasteiger partial charge in [-0.25, -0.2) is 4.98 Å². The molecule has 0 atom stereocenters. The van der Waals surface area contributed by atoms with Crippen molar-refractivity contribution in [2.24, 2.45) is 0 Å². The van der Waals surface area contributed by atoms with Gasteiger partial charge in [0.2, 0.25) is 4.96 Å². The fourth-order valence-corrected chi connectivity index (χ4v) is 3.53. The first-order valence-corrected chi connectivity index (χ1v) is 8.17. The van der Waals surface area contributed by atoms with Gasteiger partial charge in [-0.05, 0) is 12.5 Å². The zero-order chi connectivity index (χ0) is 13.9. The van der Waals surface area contributed by atoms with Crippen molar-refractivity contribution < 1.29 is 0 Å². The minimum absolute atomic E-state index is 0.102. The molecule has 102 valence electrons. The molecule has 0 spiro atoms. The summed E-state index contributed by atoms with van der Waals surface area (Å²) in [6, 6.07) is 11.9. The van der Waals surface area contributed by atoms with Crippen LogP contribution in [0, 0.1) is 6.92 Å². The lowest BCUT2D eigenvalue weighted by molar-refractivity contribution is 0.872. The summed E-state index contributed by atoms with van der Waals surface area (Å²) in [6.07, 6.45) is 0. The van der Waals surface area contributed by atoms with E-state index in [1.807, 2.05) is 25.1 Å². The van der Waals surface area contributed by atoms with Gasteiger partial charge in [-0.15, -0.1) is 0 Å². The van der Waals surface area contributed by atoms with Crippen LogP contribution in [0.15, 0.2) is 41.2 Å². The molecule has 0 saturated carbocycles. The molecule has 0 aliphatic heterocycles. The van der Waals surface area contributed by atoms with E-state index >= 15 is 0 Å². The third kappa shape index (κ3) is 2.91. The molecule has 0 N–H and O–H groups in total. The standard InChI is InChI=1S/C14H13N3OS2/c1-10-16-17-13(18)7-12(15-14(17)20-10)9-19-8-11-5-3-2-4-6-11/h2-7H,8-9H2,1H3. The third-order valence-corrected chi connectivity index (χ3v) is 4.62. The topological polar surface area (TPSA) is 47.3 Å². The van der Waals surface area contributed by atoms with E-state index in [1.165, 1.54) is 21.4 Å². The van der Waals surface area contributed by atoms with Crippen molar-refractivity contribution in [3.63, 3.8) is 0 Å². The fourth-order valence-electron chi connectivity index (χ4n) is 1.87. The van der Waals surface area contributed by atoms with Gasteiger partial charge in [0.25, 0.3) is 5.56 Å². The predicted molar refractivity (Wildman–Crippen MR) is 83.3 cm³/mol. The SMILES string of the molecule is Cc1nn2c(=O)cc(CSCc3ccccc3)nc2s1. The summed E-state index contributed by atoms with van der Waals surface area (Å²) in [5.74, 6) is 1.65. The van der Waals surface area contributed by atoms with Gasteiger partial charge in [-0.2, -0.15) is 21.4 Å². The fraction of sp³-hybridized carbons (Fsp3) is 0.214. The number of benzene rings is 1. The van der Waals surface area contributed by atoms with Crippen LogP contribution < -0.4 is 5.56 Å². The summed E-state index contributed by atoms with van der Waals surface area (Å²) in [5, 5.41) is 4.99. The Kier molecular flexibility index (Phi) is 3.84. The highest BCUT2D eigenvalue weighted by atomic mass is 32.2. The Hall–Kier alpha value is -1.66. The second kappa shape index (κ2) is 5.76. The van der Waals surface area contributed by atoms with Crippen molar-refractivity contribution in [3.8, 4) is 0 Å². The maximum absolute atomic E-state index is 11.9. The van der Waals surface area contributed by atoms with Gasteiger partial charge in [0.1, 0.15) is 5.01 Å². The maximum Gasteiger partial charge on any atom is 0.275 e. The predicted octanol–water partition coefficient (Wildman–Crippen LogP) is 2.89. The summed E-state index contributed by atoms with van der Waals surface area (Å²) in [5.41, 5.74) is 2.00. The van der Waals surface area contributed by atoms with Crippen LogP contribution in [0.1, 0.15) is 16.3 Å². The third-order valence-electron chi connectivity index (χ3n) is 2.76. The van der Waals surface area contributed by atoms with Gasteiger partial charge in [0.15, 0.2) is 0 Å². The first kappa shape index (κ1) is 13.3. The first-order chi connectivity index (χ1) is 9.72. The second-order valence-corrected chi connectivity index (χ2v) is 6.53. The molecule has 6 heteroatoms. The molecule has 0 unspecified atom stereocenters. The molecular formula is C14H13N3OS2. The van der Waals surface area contributed by atoms with Crippen LogP contribution in [-0.4, -0.2) is 14.6 Å². The lowest BCUT2D eigenvalue weighted by Gasteiger charge is -2.01.